The molecule has 6 heteroatoms. The summed E-state index contributed by atoms with van der Waals surface area (Å²) in [5.41, 5.74) is 0. The molecule has 1 atom stereocenters. The number of carbonyl (C=O) groups excluding carboxylic acids is 2. The zero-order valence-corrected chi connectivity index (χ0v) is 12.4. The number of carbonyl (C=O) groups is 2. The van der Waals surface area contributed by atoms with Gasteiger partial charge in [-0.15, -0.1) is 0 Å². The molecule has 1 aliphatic heterocycles. The zero-order chi connectivity index (χ0) is 14.5. The van der Waals surface area contributed by atoms with Gasteiger partial charge < -0.3 is 20.3 Å². The fourth-order valence-electron chi connectivity index (χ4n) is 2.26. The van der Waals surface area contributed by atoms with Gasteiger partial charge in [-0.25, -0.2) is 0 Å². The van der Waals surface area contributed by atoms with Crippen LogP contribution in [0.5, 0.6) is 0 Å². The van der Waals surface area contributed by atoms with Crippen LogP contribution in [0.3, 0.4) is 0 Å². The molecule has 0 aromatic heterocycles. The number of hydrogen-bond donors (Lipinski definition) is 2. The highest BCUT2D eigenvalue weighted by atomic mass is 16.5. The Morgan fingerprint density at radius 1 is 1.35 bits per heavy atom. The van der Waals surface area contributed by atoms with Crippen molar-refractivity contribution in [3.8, 4) is 0 Å². The number of morpholine rings is 1. The van der Waals surface area contributed by atoms with Crippen molar-refractivity contribution in [2.45, 2.75) is 51.2 Å². The lowest BCUT2D eigenvalue weighted by Gasteiger charge is -2.34. The van der Waals surface area contributed by atoms with Gasteiger partial charge in [0.15, 0.2) is 0 Å². The molecule has 1 heterocycles. The van der Waals surface area contributed by atoms with Gasteiger partial charge in [0.1, 0.15) is 6.04 Å². The van der Waals surface area contributed by atoms with Gasteiger partial charge in [0.2, 0.25) is 11.8 Å². The number of nitrogens with zero attached hydrogens (tertiary/aromatic N) is 1. The molecular weight excluding hydrogens is 258 g/mol. The maximum Gasteiger partial charge on any atom is 0.245 e. The maximum absolute atomic E-state index is 12.2. The van der Waals surface area contributed by atoms with Crippen molar-refractivity contribution in [1.82, 2.24) is 15.5 Å². The van der Waals surface area contributed by atoms with Crippen molar-refractivity contribution in [1.29, 1.82) is 0 Å². The normalized spacial score (nSPS) is 22.9. The van der Waals surface area contributed by atoms with Crippen LogP contribution in [0.2, 0.25) is 0 Å². The van der Waals surface area contributed by atoms with Gasteiger partial charge in [0, 0.05) is 31.6 Å². The highest BCUT2D eigenvalue weighted by Crippen LogP contribution is 2.19. The van der Waals surface area contributed by atoms with Crippen LogP contribution >= 0.6 is 0 Å². The van der Waals surface area contributed by atoms with Crippen LogP contribution in [0.25, 0.3) is 0 Å². The quantitative estimate of drug-likeness (QED) is 0.713. The lowest BCUT2D eigenvalue weighted by molar-refractivity contribution is -0.148. The minimum absolute atomic E-state index is 0.0254. The van der Waals surface area contributed by atoms with E-state index in [1.165, 1.54) is 0 Å². The third-order valence-electron chi connectivity index (χ3n) is 3.57. The minimum atomic E-state index is -0.462. The van der Waals surface area contributed by atoms with Gasteiger partial charge in [-0.1, -0.05) is 13.8 Å². The molecular formula is C14H25N3O3. The molecule has 6 nitrogen and oxygen atoms in total. The lowest BCUT2D eigenvalue weighted by Crippen LogP contribution is -2.56. The standard InChI is InChI=1S/C14H25N3O3/c1-10(2)15-6-5-13(18)17-7-8-20-9-12(17)14(19)16-11-3-4-11/h10-12,15H,3-9H2,1-2H3,(H,16,19). The first-order valence-electron chi connectivity index (χ1n) is 7.49. The monoisotopic (exact) mass is 283 g/mol. The van der Waals surface area contributed by atoms with E-state index in [0.717, 1.165) is 12.8 Å². The van der Waals surface area contributed by atoms with Gasteiger partial charge in [-0.2, -0.15) is 0 Å². The van der Waals surface area contributed by atoms with Crippen molar-refractivity contribution < 1.29 is 14.3 Å². The summed E-state index contributed by atoms with van der Waals surface area (Å²) in [6.45, 7) is 6.06. The van der Waals surface area contributed by atoms with Crippen LogP contribution in [0, 0.1) is 0 Å². The molecule has 20 heavy (non-hydrogen) atoms. The molecule has 1 aliphatic carbocycles. The molecule has 114 valence electrons. The molecule has 2 amide bonds. The second kappa shape index (κ2) is 7.04. The Balaban J connectivity index is 1.84. The third-order valence-corrected chi connectivity index (χ3v) is 3.57. The van der Waals surface area contributed by atoms with Crippen LogP contribution in [0.1, 0.15) is 33.1 Å². The second-order valence-corrected chi connectivity index (χ2v) is 5.82. The molecule has 2 fully saturated rings. The van der Waals surface area contributed by atoms with E-state index in [2.05, 4.69) is 10.6 Å². The van der Waals surface area contributed by atoms with E-state index in [0.29, 0.717) is 44.8 Å². The average Bonchev–Trinajstić information content (AvgIpc) is 3.22. The van der Waals surface area contributed by atoms with E-state index in [1.54, 1.807) is 4.90 Å². The van der Waals surface area contributed by atoms with Crippen molar-refractivity contribution in [3.05, 3.63) is 0 Å². The van der Waals surface area contributed by atoms with Crippen LogP contribution in [-0.4, -0.2) is 61.1 Å². The zero-order valence-electron chi connectivity index (χ0n) is 12.4. The Kier molecular flexibility index (Phi) is 5.37. The largest absolute Gasteiger partial charge is 0.377 e. The molecule has 0 aromatic rings. The molecule has 1 unspecified atom stereocenters. The predicted octanol–water partition coefficient (Wildman–Crippen LogP) is -0.119. The van der Waals surface area contributed by atoms with Gasteiger partial charge in [-0.3, -0.25) is 9.59 Å². The molecule has 1 saturated carbocycles. The Labute approximate surface area is 120 Å². The fourth-order valence-corrected chi connectivity index (χ4v) is 2.26. The van der Waals surface area contributed by atoms with E-state index < -0.39 is 6.04 Å². The Morgan fingerprint density at radius 2 is 2.10 bits per heavy atom. The minimum Gasteiger partial charge on any atom is -0.377 e. The summed E-state index contributed by atoms with van der Waals surface area (Å²) in [4.78, 5) is 26.1. The summed E-state index contributed by atoms with van der Waals surface area (Å²) in [5, 5.41) is 6.18. The van der Waals surface area contributed by atoms with Crippen LogP contribution in [0.4, 0.5) is 0 Å². The topological polar surface area (TPSA) is 70.7 Å². The maximum atomic E-state index is 12.2. The Bertz CT molecular complexity index is 356. The average molecular weight is 283 g/mol. The van der Waals surface area contributed by atoms with E-state index >= 15 is 0 Å². The molecule has 0 radical (unpaired) electrons. The Morgan fingerprint density at radius 3 is 2.75 bits per heavy atom. The van der Waals surface area contributed by atoms with Crippen LogP contribution in [0.15, 0.2) is 0 Å². The molecule has 0 spiro atoms. The smallest absolute Gasteiger partial charge is 0.245 e. The summed E-state index contributed by atoms with van der Waals surface area (Å²) >= 11 is 0. The predicted molar refractivity (Wildman–Crippen MR) is 75.2 cm³/mol. The van der Waals surface area contributed by atoms with Crippen LogP contribution in [-0.2, 0) is 14.3 Å². The van der Waals surface area contributed by atoms with Crippen molar-refractivity contribution in [2.24, 2.45) is 0 Å². The van der Waals surface area contributed by atoms with Gasteiger partial charge in [0.05, 0.1) is 13.2 Å². The summed E-state index contributed by atoms with van der Waals surface area (Å²) in [6, 6.07) is 0.210. The lowest BCUT2D eigenvalue weighted by atomic mass is 10.2. The number of amides is 2. The highest BCUT2D eigenvalue weighted by molar-refractivity contribution is 5.88. The summed E-state index contributed by atoms with van der Waals surface area (Å²) in [6.07, 6.45) is 2.52. The molecule has 2 rings (SSSR count). The first-order chi connectivity index (χ1) is 9.58. The van der Waals surface area contributed by atoms with E-state index in [9.17, 15) is 9.59 Å². The molecule has 0 aromatic carbocycles. The second-order valence-electron chi connectivity index (χ2n) is 5.82. The highest BCUT2D eigenvalue weighted by Gasteiger charge is 2.35. The first kappa shape index (κ1) is 15.3. The third kappa shape index (κ3) is 4.45. The fraction of sp³-hybridized carbons (Fsp3) is 0.857. The summed E-state index contributed by atoms with van der Waals surface area (Å²) in [5.74, 6) is -0.0465. The van der Waals surface area contributed by atoms with E-state index in [-0.39, 0.29) is 11.8 Å². The Hall–Kier alpha value is -1.14. The molecule has 2 N–H and O–H groups in total. The number of nitrogens with one attached hydrogen (secondary N) is 2. The van der Waals surface area contributed by atoms with E-state index in [1.807, 2.05) is 13.8 Å². The summed E-state index contributed by atoms with van der Waals surface area (Å²) < 4.78 is 5.36. The summed E-state index contributed by atoms with van der Waals surface area (Å²) in [7, 11) is 0. The molecule has 0 bridgehead atoms. The van der Waals surface area contributed by atoms with Gasteiger partial charge >= 0.3 is 0 Å². The van der Waals surface area contributed by atoms with Gasteiger partial charge in [-0.05, 0) is 12.8 Å². The van der Waals surface area contributed by atoms with E-state index in [4.69, 9.17) is 4.74 Å². The first-order valence-corrected chi connectivity index (χ1v) is 7.49. The van der Waals surface area contributed by atoms with Crippen molar-refractivity contribution in [3.63, 3.8) is 0 Å². The number of hydrogen-bond acceptors (Lipinski definition) is 4. The number of rotatable bonds is 6. The van der Waals surface area contributed by atoms with Crippen LogP contribution < -0.4 is 10.6 Å². The molecule has 2 aliphatic rings. The van der Waals surface area contributed by atoms with Crippen molar-refractivity contribution in [2.75, 3.05) is 26.3 Å². The van der Waals surface area contributed by atoms with Crippen molar-refractivity contribution >= 4 is 11.8 Å². The molecule has 1 saturated heterocycles. The number of ether oxygens (including phenoxy) is 1. The SMILES string of the molecule is CC(C)NCCC(=O)N1CCOCC1C(=O)NC1CC1. The van der Waals surface area contributed by atoms with Gasteiger partial charge in [0.25, 0.3) is 0 Å².